The molecule has 0 atom stereocenters. The van der Waals surface area contributed by atoms with Gasteiger partial charge in [0.2, 0.25) is 0 Å². The highest BCUT2D eigenvalue weighted by atomic mass is 15.1. The van der Waals surface area contributed by atoms with Gasteiger partial charge in [-0.3, -0.25) is 0 Å². The number of benzene rings is 1. The van der Waals surface area contributed by atoms with Crippen LogP contribution in [-0.4, -0.2) is 19.6 Å². The molecule has 2 rings (SSSR count). The first kappa shape index (κ1) is 11.2. The van der Waals surface area contributed by atoms with Crippen molar-refractivity contribution < 1.29 is 0 Å². The summed E-state index contributed by atoms with van der Waals surface area (Å²) in [6.07, 6.45) is 5.73. The Labute approximate surface area is 97.8 Å². The van der Waals surface area contributed by atoms with E-state index in [1.165, 1.54) is 18.5 Å². The lowest BCUT2D eigenvalue weighted by atomic mass is 10.0. The molecule has 0 aliphatic carbocycles. The van der Waals surface area contributed by atoms with Crippen LogP contribution in [0.2, 0.25) is 0 Å². The van der Waals surface area contributed by atoms with Gasteiger partial charge in [0, 0.05) is 18.8 Å². The van der Waals surface area contributed by atoms with E-state index < -0.39 is 0 Å². The predicted molar refractivity (Wildman–Crippen MR) is 69.6 cm³/mol. The van der Waals surface area contributed by atoms with Gasteiger partial charge in [-0.1, -0.05) is 29.8 Å². The van der Waals surface area contributed by atoms with E-state index in [0.717, 1.165) is 26.1 Å². The SMILES string of the molecule is NCCC=C1CCN(c2ccccc2)CC1. The van der Waals surface area contributed by atoms with Crippen LogP contribution in [0.3, 0.4) is 0 Å². The van der Waals surface area contributed by atoms with E-state index in [2.05, 4.69) is 41.3 Å². The van der Waals surface area contributed by atoms with Crippen molar-refractivity contribution in [1.29, 1.82) is 0 Å². The number of nitrogens with two attached hydrogens (primary N) is 1. The van der Waals surface area contributed by atoms with Crippen LogP contribution in [0, 0.1) is 0 Å². The normalized spacial score (nSPS) is 16.3. The van der Waals surface area contributed by atoms with Crippen molar-refractivity contribution in [2.75, 3.05) is 24.5 Å². The molecule has 0 bridgehead atoms. The van der Waals surface area contributed by atoms with Crippen LogP contribution in [0.5, 0.6) is 0 Å². The number of hydrogen-bond donors (Lipinski definition) is 1. The van der Waals surface area contributed by atoms with E-state index in [-0.39, 0.29) is 0 Å². The molecule has 1 heterocycles. The largest absolute Gasteiger partial charge is 0.371 e. The molecule has 16 heavy (non-hydrogen) atoms. The maximum atomic E-state index is 5.51. The molecule has 1 aromatic rings. The number of nitrogens with zero attached hydrogens (tertiary/aromatic N) is 1. The van der Waals surface area contributed by atoms with Crippen molar-refractivity contribution in [2.24, 2.45) is 5.73 Å². The lowest BCUT2D eigenvalue weighted by molar-refractivity contribution is 0.680. The van der Waals surface area contributed by atoms with Gasteiger partial charge in [0.25, 0.3) is 0 Å². The first-order chi connectivity index (χ1) is 7.90. The van der Waals surface area contributed by atoms with E-state index >= 15 is 0 Å². The summed E-state index contributed by atoms with van der Waals surface area (Å²) < 4.78 is 0. The zero-order chi connectivity index (χ0) is 11.2. The first-order valence-electron chi connectivity index (χ1n) is 6.08. The van der Waals surface area contributed by atoms with Crippen LogP contribution in [0.1, 0.15) is 19.3 Å². The third kappa shape index (κ3) is 2.86. The van der Waals surface area contributed by atoms with Gasteiger partial charge in [-0.05, 0) is 37.9 Å². The standard InChI is InChI=1S/C14H20N2/c15-10-4-5-13-8-11-16(12-9-13)14-6-2-1-3-7-14/h1-3,5-7H,4,8-12,15H2. The van der Waals surface area contributed by atoms with Crippen LogP contribution >= 0.6 is 0 Å². The third-order valence-electron chi connectivity index (χ3n) is 3.13. The van der Waals surface area contributed by atoms with Gasteiger partial charge < -0.3 is 10.6 Å². The van der Waals surface area contributed by atoms with Gasteiger partial charge in [0.05, 0.1) is 0 Å². The Morgan fingerprint density at radius 3 is 2.44 bits per heavy atom. The Morgan fingerprint density at radius 2 is 1.81 bits per heavy atom. The molecule has 1 aromatic carbocycles. The van der Waals surface area contributed by atoms with Crippen LogP contribution < -0.4 is 10.6 Å². The molecule has 2 heteroatoms. The summed E-state index contributed by atoms with van der Waals surface area (Å²) in [7, 11) is 0. The smallest absolute Gasteiger partial charge is 0.0366 e. The molecule has 1 saturated heterocycles. The molecule has 0 saturated carbocycles. The van der Waals surface area contributed by atoms with E-state index in [0.29, 0.717) is 0 Å². The number of rotatable bonds is 3. The third-order valence-corrected chi connectivity index (χ3v) is 3.13. The minimum absolute atomic E-state index is 0.770. The lowest BCUT2D eigenvalue weighted by Gasteiger charge is -2.30. The fraction of sp³-hybridized carbons (Fsp3) is 0.429. The number of anilines is 1. The molecule has 0 amide bonds. The molecular formula is C14H20N2. The Morgan fingerprint density at radius 1 is 1.12 bits per heavy atom. The summed E-state index contributed by atoms with van der Waals surface area (Å²) >= 11 is 0. The maximum Gasteiger partial charge on any atom is 0.0366 e. The molecule has 0 radical (unpaired) electrons. The van der Waals surface area contributed by atoms with Crippen molar-refractivity contribution in [2.45, 2.75) is 19.3 Å². The van der Waals surface area contributed by atoms with Crippen molar-refractivity contribution in [3.05, 3.63) is 42.0 Å². The monoisotopic (exact) mass is 216 g/mol. The molecule has 86 valence electrons. The summed E-state index contributed by atoms with van der Waals surface area (Å²) in [5.41, 5.74) is 8.44. The molecule has 0 aromatic heterocycles. The highest BCUT2D eigenvalue weighted by molar-refractivity contribution is 5.47. The second kappa shape index (κ2) is 5.71. The van der Waals surface area contributed by atoms with Crippen molar-refractivity contribution in [3.8, 4) is 0 Å². The summed E-state index contributed by atoms with van der Waals surface area (Å²) in [6, 6.07) is 10.7. The second-order valence-corrected chi connectivity index (χ2v) is 4.26. The fourth-order valence-electron chi connectivity index (χ4n) is 2.18. The van der Waals surface area contributed by atoms with E-state index in [4.69, 9.17) is 5.73 Å². The topological polar surface area (TPSA) is 29.3 Å². The van der Waals surface area contributed by atoms with Crippen molar-refractivity contribution in [3.63, 3.8) is 0 Å². The summed E-state index contributed by atoms with van der Waals surface area (Å²) in [5, 5.41) is 0. The minimum atomic E-state index is 0.770. The average Bonchev–Trinajstić information content (AvgIpc) is 2.38. The fourth-order valence-corrected chi connectivity index (χ4v) is 2.18. The number of piperidine rings is 1. The van der Waals surface area contributed by atoms with E-state index in [9.17, 15) is 0 Å². The molecule has 0 unspecified atom stereocenters. The summed E-state index contributed by atoms with van der Waals surface area (Å²) in [6.45, 7) is 3.05. The van der Waals surface area contributed by atoms with Crippen LogP contribution in [0.4, 0.5) is 5.69 Å². The van der Waals surface area contributed by atoms with Gasteiger partial charge in [-0.2, -0.15) is 0 Å². The van der Waals surface area contributed by atoms with Crippen molar-refractivity contribution in [1.82, 2.24) is 0 Å². The lowest BCUT2D eigenvalue weighted by Crippen LogP contribution is -2.30. The van der Waals surface area contributed by atoms with E-state index in [1.54, 1.807) is 5.57 Å². The second-order valence-electron chi connectivity index (χ2n) is 4.26. The molecule has 2 N–H and O–H groups in total. The summed E-state index contributed by atoms with van der Waals surface area (Å²) in [5.74, 6) is 0. The number of para-hydroxylation sites is 1. The molecular weight excluding hydrogens is 196 g/mol. The first-order valence-corrected chi connectivity index (χ1v) is 6.08. The van der Waals surface area contributed by atoms with Gasteiger partial charge in [-0.25, -0.2) is 0 Å². The summed E-state index contributed by atoms with van der Waals surface area (Å²) in [4.78, 5) is 2.46. The Kier molecular flexibility index (Phi) is 4.00. The highest BCUT2D eigenvalue weighted by Gasteiger charge is 2.13. The Balaban J connectivity index is 1.90. The minimum Gasteiger partial charge on any atom is -0.371 e. The number of hydrogen-bond acceptors (Lipinski definition) is 2. The molecule has 2 nitrogen and oxygen atoms in total. The zero-order valence-electron chi connectivity index (χ0n) is 9.73. The molecule has 1 fully saturated rings. The Bertz CT molecular complexity index is 333. The quantitative estimate of drug-likeness (QED) is 0.787. The van der Waals surface area contributed by atoms with Crippen molar-refractivity contribution >= 4 is 5.69 Å². The predicted octanol–water partition coefficient (Wildman–Crippen LogP) is 2.56. The van der Waals surface area contributed by atoms with Gasteiger partial charge in [-0.15, -0.1) is 0 Å². The highest BCUT2D eigenvalue weighted by Crippen LogP contribution is 2.22. The molecule has 1 aliphatic rings. The molecule has 0 spiro atoms. The molecule has 1 aliphatic heterocycles. The van der Waals surface area contributed by atoms with Crippen LogP contribution in [0.15, 0.2) is 42.0 Å². The average molecular weight is 216 g/mol. The van der Waals surface area contributed by atoms with Gasteiger partial charge in [0.1, 0.15) is 0 Å². The van der Waals surface area contributed by atoms with Crippen LogP contribution in [-0.2, 0) is 0 Å². The zero-order valence-corrected chi connectivity index (χ0v) is 9.73. The van der Waals surface area contributed by atoms with Gasteiger partial charge >= 0.3 is 0 Å². The van der Waals surface area contributed by atoms with Crippen LogP contribution in [0.25, 0.3) is 0 Å². The van der Waals surface area contributed by atoms with Gasteiger partial charge in [0.15, 0.2) is 0 Å². The maximum absolute atomic E-state index is 5.51. The van der Waals surface area contributed by atoms with E-state index in [1.807, 2.05) is 0 Å². The Hall–Kier alpha value is -1.28.